The quantitative estimate of drug-likeness (QED) is 0.285. The predicted molar refractivity (Wildman–Crippen MR) is 131 cm³/mol. The average molecular weight is 550 g/mol. The summed E-state index contributed by atoms with van der Waals surface area (Å²) in [4.78, 5) is 10.7. The van der Waals surface area contributed by atoms with Gasteiger partial charge >= 0.3 is 0 Å². The number of hydrogen-bond donors (Lipinski definition) is 2. The van der Waals surface area contributed by atoms with E-state index < -0.39 is 27.2 Å². The first kappa shape index (κ1) is 24.2. The number of aromatic nitrogens is 5. The number of ether oxygens (including phenoxy) is 1. The Labute approximate surface area is 213 Å². The maximum absolute atomic E-state index is 15.6. The fourth-order valence-corrected chi connectivity index (χ4v) is 5.98. The standard InChI is InChI=1S/C23H15Cl2F2N5O3S/c1-35-23-16(8-12(24)9-30-23)36(33,34)10-11-2-5-15(26)17(18(11)25)13-3-4-14-20(19(13)27)31-32-21(14)22-28-6-7-29-22/h2-9H,10H2,1H3,(H,28,29)(H,31,32). The molecule has 0 spiro atoms. The number of fused-ring (bicyclic) bond motifs is 1. The molecule has 0 saturated carbocycles. The van der Waals surface area contributed by atoms with Crippen LogP contribution < -0.4 is 4.74 Å². The van der Waals surface area contributed by atoms with Gasteiger partial charge in [0.15, 0.2) is 21.5 Å². The van der Waals surface area contributed by atoms with Crippen molar-refractivity contribution < 1.29 is 21.9 Å². The SMILES string of the molecule is COc1ncc(Cl)cc1S(=O)(=O)Cc1ccc(F)c(-c2ccc3c(-c4ncc[nH]4)[nH]nc3c2F)c1Cl. The van der Waals surface area contributed by atoms with Crippen LogP contribution in [0, 0.1) is 11.6 Å². The minimum atomic E-state index is -4.08. The lowest BCUT2D eigenvalue weighted by atomic mass is 10.00. The van der Waals surface area contributed by atoms with Gasteiger partial charge in [-0.1, -0.05) is 35.3 Å². The van der Waals surface area contributed by atoms with Gasteiger partial charge in [0.05, 0.1) is 22.9 Å². The van der Waals surface area contributed by atoms with Crippen LogP contribution in [0.5, 0.6) is 5.88 Å². The highest BCUT2D eigenvalue weighted by atomic mass is 35.5. The maximum Gasteiger partial charge on any atom is 0.232 e. The van der Waals surface area contributed by atoms with Gasteiger partial charge in [-0.3, -0.25) is 5.10 Å². The first-order chi connectivity index (χ1) is 17.2. The number of imidazole rings is 1. The molecule has 0 bridgehead atoms. The number of sulfone groups is 1. The van der Waals surface area contributed by atoms with Crippen molar-refractivity contribution in [2.75, 3.05) is 7.11 Å². The van der Waals surface area contributed by atoms with Crippen LogP contribution in [0.3, 0.4) is 0 Å². The van der Waals surface area contributed by atoms with Crippen molar-refractivity contribution >= 4 is 43.9 Å². The lowest BCUT2D eigenvalue weighted by Crippen LogP contribution is -2.09. The summed E-state index contributed by atoms with van der Waals surface area (Å²) in [5, 5.41) is 6.98. The molecule has 184 valence electrons. The number of methoxy groups -OCH3 is 1. The second-order valence-electron chi connectivity index (χ2n) is 7.68. The van der Waals surface area contributed by atoms with Crippen LogP contribution in [0.1, 0.15) is 5.56 Å². The Kier molecular flexibility index (Phi) is 6.15. The van der Waals surface area contributed by atoms with Crippen LogP contribution in [0.15, 0.2) is 53.8 Å². The third-order valence-electron chi connectivity index (χ3n) is 5.50. The van der Waals surface area contributed by atoms with E-state index in [1.807, 2.05) is 0 Å². The Morgan fingerprint density at radius 2 is 1.92 bits per heavy atom. The number of benzene rings is 2. The molecule has 8 nitrogen and oxygen atoms in total. The number of nitrogens with one attached hydrogen (secondary N) is 2. The number of rotatable bonds is 6. The monoisotopic (exact) mass is 549 g/mol. The Balaban J connectivity index is 1.60. The third kappa shape index (κ3) is 4.08. The number of hydrogen-bond acceptors (Lipinski definition) is 6. The molecule has 36 heavy (non-hydrogen) atoms. The molecule has 2 N–H and O–H groups in total. The molecule has 3 heterocycles. The van der Waals surface area contributed by atoms with Crippen molar-refractivity contribution in [3.8, 4) is 28.5 Å². The van der Waals surface area contributed by atoms with Gasteiger partial charge in [-0.2, -0.15) is 5.10 Å². The lowest BCUT2D eigenvalue weighted by Gasteiger charge is -2.14. The molecule has 13 heteroatoms. The fourth-order valence-electron chi connectivity index (χ4n) is 3.84. The van der Waals surface area contributed by atoms with Crippen molar-refractivity contribution in [2.45, 2.75) is 10.6 Å². The van der Waals surface area contributed by atoms with Crippen molar-refractivity contribution in [1.82, 2.24) is 25.1 Å². The second kappa shape index (κ2) is 9.16. The Hall–Kier alpha value is -3.54. The van der Waals surface area contributed by atoms with E-state index in [0.717, 1.165) is 6.07 Å². The van der Waals surface area contributed by atoms with Crippen LogP contribution in [-0.2, 0) is 15.6 Å². The summed E-state index contributed by atoms with van der Waals surface area (Å²) < 4.78 is 61.9. The van der Waals surface area contributed by atoms with Gasteiger partial charge in [-0.05, 0) is 23.8 Å². The molecule has 0 aliphatic rings. The van der Waals surface area contributed by atoms with Crippen LogP contribution in [0.4, 0.5) is 8.78 Å². The minimum absolute atomic E-state index is 0.0490. The van der Waals surface area contributed by atoms with Gasteiger partial charge in [-0.25, -0.2) is 27.2 Å². The highest BCUT2D eigenvalue weighted by molar-refractivity contribution is 7.90. The van der Waals surface area contributed by atoms with Crippen LogP contribution in [-0.4, -0.2) is 40.7 Å². The van der Waals surface area contributed by atoms with Crippen molar-refractivity contribution in [3.63, 3.8) is 0 Å². The maximum atomic E-state index is 15.6. The molecule has 5 rings (SSSR count). The number of H-pyrrole nitrogens is 2. The van der Waals surface area contributed by atoms with Gasteiger partial charge in [0.1, 0.15) is 21.9 Å². The number of aromatic amines is 2. The van der Waals surface area contributed by atoms with Crippen molar-refractivity contribution in [2.24, 2.45) is 0 Å². The molecule has 3 aromatic heterocycles. The largest absolute Gasteiger partial charge is 0.480 e. The average Bonchev–Trinajstić information content (AvgIpc) is 3.52. The molecule has 0 unspecified atom stereocenters. The zero-order chi connectivity index (χ0) is 25.6. The van der Waals surface area contributed by atoms with Crippen LogP contribution >= 0.6 is 23.2 Å². The molecule has 5 aromatic rings. The summed E-state index contributed by atoms with van der Waals surface area (Å²) in [6, 6.07) is 6.36. The number of pyridine rings is 1. The summed E-state index contributed by atoms with van der Waals surface area (Å²) in [5.74, 6) is -2.00. The van der Waals surface area contributed by atoms with Gasteiger partial charge in [-0.15, -0.1) is 0 Å². The van der Waals surface area contributed by atoms with Gasteiger partial charge < -0.3 is 9.72 Å². The van der Waals surface area contributed by atoms with E-state index in [1.165, 1.54) is 37.7 Å². The molecule has 0 atom stereocenters. The zero-order valence-corrected chi connectivity index (χ0v) is 20.6. The van der Waals surface area contributed by atoms with Crippen molar-refractivity contribution in [3.05, 3.63) is 76.2 Å². The molecule has 0 aliphatic heterocycles. The molecule has 0 fully saturated rings. The molecular formula is C23H15Cl2F2N5O3S. The van der Waals surface area contributed by atoms with Gasteiger partial charge in [0, 0.05) is 35.1 Å². The van der Waals surface area contributed by atoms with E-state index in [4.69, 9.17) is 27.9 Å². The first-order valence-corrected chi connectivity index (χ1v) is 12.7. The van der Waals surface area contributed by atoms with Crippen LogP contribution in [0.2, 0.25) is 10.0 Å². The number of nitrogens with zero attached hydrogens (tertiary/aromatic N) is 3. The minimum Gasteiger partial charge on any atom is -0.480 e. The molecule has 0 saturated heterocycles. The van der Waals surface area contributed by atoms with E-state index in [1.54, 1.807) is 12.3 Å². The molecule has 0 aliphatic carbocycles. The Morgan fingerprint density at radius 3 is 2.64 bits per heavy atom. The van der Waals surface area contributed by atoms with Gasteiger partial charge in [0.25, 0.3) is 0 Å². The normalized spacial score (nSPS) is 11.8. The van der Waals surface area contributed by atoms with E-state index in [9.17, 15) is 12.8 Å². The summed E-state index contributed by atoms with van der Waals surface area (Å²) in [6.45, 7) is 0. The van der Waals surface area contributed by atoms with E-state index in [0.29, 0.717) is 16.9 Å². The summed E-state index contributed by atoms with van der Waals surface area (Å²) in [7, 11) is -2.81. The van der Waals surface area contributed by atoms with Gasteiger partial charge in [0.2, 0.25) is 5.88 Å². The zero-order valence-electron chi connectivity index (χ0n) is 18.3. The predicted octanol–water partition coefficient (Wildman–Crippen LogP) is 5.58. The summed E-state index contributed by atoms with van der Waals surface area (Å²) in [5.41, 5.74) is -0.0165. The second-order valence-corrected chi connectivity index (χ2v) is 10.4. The Morgan fingerprint density at radius 1 is 1.11 bits per heavy atom. The molecule has 0 amide bonds. The highest BCUT2D eigenvalue weighted by Gasteiger charge is 2.26. The topological polar surface area (TPSA) is 114 Å². The van der Waals surface area contributed by atoms with Crippen molar-refractivity contribution in [1.29, 1.82) is 0 Å². The summed E-state index contributed by atoms with van der Waals surface area (Å²) >= 11 is 12.4. The summed E-state index contributed by atoms with van der Waals surface area (Å²) in [6.07, 6.45) is 4.39. The highest BCUT2D eigenvalue weighted by Crippen LogP contribution is 2.39. The number of halogens is 4. The molecular weight excluding hydrogens is 535 g/mol. The fraction of sp³-hybridized carbons (Fsp3) is 0.0870. The lowest BCUT2D eigenvalue weighted by molar-refractivity contribution is 0.385. The van der Waals surface area contributed by atoms with E-state index >= 15 is 4.39 Å². The van der Waals surface area contributed by atoms with Crippen LogP contribution in [0.25, 0.3) is 33.5 Å². The smallest absolute Gasteiger partial charge is 0.232 e. The third-order valence-corrected chi connectivity index (χ3v) is 7.79. The molecule has 0 radical (unpaired) electrons. The molecule has 2 aromatic carbocycles. The van der Waals surface area contributed by atoms with E-state index in [2.05, 4.69) is 25.1 Å². The Bertz CT molecular complexity index is 1720. The van der Waals surface area contributed by atoms with E-state index in [-0.39, 0.29) is 43.0 Å². The first-order valence-electron chi connectivity index (χ1n) is 10.3.